The summed E-state index contributed by atoms with van der Waals surface area (Å²) in [4.78, 5) is 3.43. The zero-order valence-electron chi connectivity index (χ0n) is 9.90. The molecule has 0 aliphatic rings. The van der Waals surface area contributed by atoms with Gasteiger partial charge in [0.15, 0.2) is 0 Å². The number of anilines is 2. The van der Waals surface area contributed by atoms with Crippen molar-refractivity contribution in [2.45, 2.75) is 6.54 Å². The molecule has 0 saturated carbocycles. The SMILES string of the molecule is CN(C)c1cccc(NCc2ccc(Br)s2)c1. The molecule has 0 bridgehead atoms. The lowest BCUT2D eigenvalue weighted by atomic mass is 10.2. The van der Waals surface area contributed by atoms with Crippen LogP contribution in [0.25, 0.3) is 0 Å². The van der Waals surface area contributed by atoms with Gasteiger partial charge in [0.05, 0.1) is 3.79 Å². The van der Waals surface area contributed by atoms with E-state index in [9.17, 15) is 0 Å². The number of halogens is 1. The van der Waals surface area contributed by atoms with E-state index >= 15 is 0 Å². The minimum absolute atomic E-state index is 0.868. The second-order valence-electron chi connectivity index (χ2n) is 4.00. The summed E-state index contributed by atoms with van der Waals surface area (Å²) in [6.07, 6.45) is 0. The van der Waals surface area contributed by atoms with Crippen LogP contribution in [0, 0.1) is 0 Å². The zero-order chi connectivity index (χ0) is 12.3. The first-order valence-electron chi connectivity index (χ1n) is 5.40. The number of rotatable bonds is 4. The van der Waals surface area contributed by atoms with E-state index in [1.165, 1.54) is 14.4 Å². The van der Waals surface area contributed by atoms with Gasteiger partial charge in [0.25, 0.3) is 0 Å². The van der Waals surface area contributed by atoms with Crippen LogP contribution in [0.4, 0.5) is 11.4 Å². The zero-order valence-corrected chi connectivity index (χ0v) is 12.3. The fraction of sp³-hybridized carbons (Fsp3) is 0.231. The van der Waals surface area contributed by atoms with E-state index in [0.29, 0.717) is 0 Å². The Kier molecular flexibility index (Phi) is 4.07. The summed E-state index contributed by atoms with van der Waals surface area (Å²) < 4.78 is 1.18. The molecule has 2 rings (SSSR count). The van der Waals surface area contributed by atoms with Crippen molar-refractivity contribution in [2.24, 2.45) is 0 Å². The molecule has 0 aliphatic carbocycles. The molecule has 90 valence electrons. The van der Waals surface area contributed by atoms with E-state index in [4.69, 9.17) is 0 Å². The van der Waals surface area contributed by atoms with Gasteiger partial charge in [-0.3, -0.25) is 0 Å². The van der Waals surface area contributed by atoms with Gasteiger partial charge in [-0.15, -0.1) is 11.3 Å². The first-order chi connectivity index (χ1) is 8.15. The molecule has 0 amide bonds. The third-order valence-corrected chi connectivity index (χ3v) is 4.08. The first-order valence-corrected chi connectivity index (χ1v) is 7.01. The van der Waals surface area contributed by atoms with E-state index in [-0.39, 0.29) is 0 Å². The maximum Gasteiger partial charge on any atom is 0.0702 e. The minimum atomic E-state index is 0.868. The average molecular weight is 311 g/mol. The quantitative estimate of drug-likeness (QED) is 0.911. The smallest absolute Gasteiger partial charge is 0.0702 e. The maximum atomic E-state index is 3.47. The molecule has 0 aliphatic heterocycles. The number of hydrogen-bond donors (Lipinski definition) is 1. The molecule has 2 nitrogen and oxygen atoms in total. The minimum Gasteiger partial charge on any atom is -0.380 e. The van der Waals surface area contributed by atoms with Gasteiger partial charge in [-0.25, -0.2) is 0 Å². The molecule has 0 saturated heterocycles. The van der Waals surface area contributed by atoms with Gasteiger partial charge in [0, 0.05) is 36.9 Å². The summed E-state index contributed by atoms with van der Waals surface area (Å²) in [5, 5.41) is 3.43. The topological polar surface area (TPSA) is 15.3 Å². The summed E-state index contributed by atoms with van der Waals surface area (Å²) in [5.74, 6) is 0. The number of nitrogens with one attached hydrogen (secondary N) is 1. The Hall–Kier alpha value is -1.000. The molecular formula is C13H15BrN2S. The fourth-order valence-corrected chi connectivity index (χ4v) is 2.95. The Bertz CT molecular complexity index is 494. The van der Waals surface area contributed by atoms with E-state index in [0.717, 1.165) is 12.2 Å². The highest BCUT2D eigenvalue weighted by Gasteiger charge is 1.99. The van der Waals surface area contributed by atoms with Gasteiger partial charge < -0.3 is 10.2 Å². The summed E-state index contributed by atoms with van der Waals surface area (Å²) in [5.41, 5.74) is 2.36. The Morgan fingerprint density at radius 2 is 2.06 bits per heavy atom. The van der Waals surface area contributed by atoms with Gasteiger partial charge in [-0.05, 0) is 46.3 Å². The Morgan fingerprint density at radius 3 is 2.71 bits per heavy atom. The molecule has 17 heavy (non-hydrogen) atoms. The molecule has 1 heterocycles. The van der Waals surface area contributed by atoms with Gasteiger partial charge >= 0.3 is 0 Å². The van der Waals surface area contributed by atoms with E-state index in [1.807, 2.05) is 0 Å². The van der Waals surface area contributed by atoms with Gasteiger partial charge in [-0.2, -0.15) is 0 Å². The summed E-state index contributed by atoms with van der Waals surface area (Å²) in [6.45, 7) is 0.868. The predicted molar refractivity (Wildman–Crippen MR) is 80.1 cm³/mol. The van der Waals surface area contributed by atoms with Crippen LogP contribution in [0.5, 0.6) is 0 Å². The molecule has 0 spiro atoms. The third-order valence-electron chi connectivity index (χ3n) is 2.46. The Morgan fingerprint density at radius 1 is 1.24 bits per heavy atom. The van der Waals surface area contributed by atoms with Crippen LogP contribution in [0.1, 0.15) is 4.88 Å². The summed E-state index contributed by atoms with van der Waals surface area (Å²) in [7, 11) is 4.10. The lowest BCUT2D eigenvalue weighted by Gasteiger charge is -2.14. The second-order valence-corrected chi connectivity index (χ2v) is 6.55. The van der Waals surface area contributed by atoms with Crippen LogP contribution in [-0.2, 0) is 6.54 Å². The largest absolute Gasteiger partial charge is 0.380 e. The molecular weight excluding hydrogens is 296 g/mol. The Labute approximate surface area is 114 Å². The number of thiophene rings is 1. The number of nitrogens with zero attached hydrogens (tertiary/aromatic N) is 1. The molecule has 1 N–H and O–H groups in total. The van der Waals surface area contributed by atoms with Crippen molar-refractivity contribution in [1.29, 1.82) is 0 Å². The monoisotopic (exact) mass is 310 g/mol. The molecule has 1 aromatic carbocycles. The highest BCUT2D eigenvalue weighted by atomic mass is 79.9. The Balaban J connectivity index is 2.01. The highest BCUT2D eigenvalue weighted by molar-refractivity contribution is 9.11. The maximum absolute atomic E-state index is 3.47. The van der Waals surface area contributed by atoms with Crippen molar-refractivity contribution < 1.29 is 0 Å². The van der Waals surface area contributed by atoms with Crippen molar-refractivity contribution in [3.05, 3.63) is 45.1 Å². The normalized spacial score (nSPS) is 10.3. The molecule has 0 fully saturated rings. The van der Waals surface area contributed by atoms with Crippen LogP contribution in [-0.4, -0.2) is 14.1 Å². The molecule has 0 unspecified atom stereocenters. The van der Waals surface area contributed by atoms with Gasteiger partial charge in [0.2, 0.25) is 0 Å². The molecule has 2 aromatic rings. The van der Waals surface area contributed by atoms with Gasteiger partial charge in [-0.1, -0.05) is 6.07 Å². The van der Waals surface area contributed by atoms with E-state index in [1.54, 1.807) is 11.3 Å². The lowest BCUT2D eigenvalue weighted by molar-refractivity contribution is 1.12. The van der Waals surface area contributed by atoms with Crippen molar-refractivity contribution in [2.75, 3.05) is 24.3 Å². The van der Waals surface area contributed by atoms with Crippen LogP contribution in [0.3, 0.4) is 0 Å². The molecule has 4 heteroatoms. The first kappa shape index (κ1) is 12.5. The molecule has 1 aromatic heterocycles. The fourth-order valence-electron chi connectivity index (χ4n) is 1.53. The standard InChI is InChI=1S/C13H15BrN2S/c1-16(2)11-5-3-4-10(8-11)15-9-12-6-7-13(14)17-12/h3-8,15H,9H2,1-2H3. The van der Waals surface area contributed by atoms with Gasteiger partial charge in [0.1, 0.15) is 0 Å². The average Bonchev–Trinajstić information content (AvgIpc) is 2.73. The van der Waals surface area contributed by atoms with Crippen molar-refractivity contribution in [3.63, 3.8) is 0 Å². The van der Waals surface area contributed by atoms with Crippen LogP contribution in [0.15, 0.2) is 40.2 Å². The molecule has 0 atom stereocenters. The van der Waals surface area contributed by atoms with Crippen molar-refractivity contribution in [3.8, 4) is 0 Å². The molecule has 0 radical (unpaired) electrons. The van der Waals surface area contributed by atoms with Crippen LogP contribution < -0.4 is 10.2 Å². The van der Waals surface area contributed by atoms with Crippen LogP contribution in [0.2, 0.25) is 0 Å². The summed E-state index contributed by atoms with van der Waals surface area (Å²) in [6, 6.07) is 12.6. The number of benzene rings is 1. The highest BCUT2D eigenvalue weighted by Crippen LogP contribution is 2.23. The van der Waals surface area contributed by atoms with Crippen molar-refractivity contribution >= 4 is 38.6 Å². The number of hydrogen-bond acceptors (Lipinski definition) is 3. The van der Waals surface area contributed by atoms with E-state index in [2.05, 4.69) is 76.6 Å². The van der Waals surface area contributed by atoms with Crippen LogP contribution >= 0.6 is 27.3 Å². The van der Waals surface area contributed by atoms with E-state index < -0.39 is 0 Å². The lowest BCUT2D eigenvalue weighted by Crippen LogP contribution is -2.08. The summed E-state index contributed by atoms with van der Waals surface area (Å²) >= 11 is 5.23. The predicted octanol–water partition coefficient (Wildman–Crippen LogP) is 4.19. The van der Waals surface area contributed by atoms with Crippen molar-refractivity contribution in [1.82, 2.24) is 0 Å². The third kappa shape index (κ3) is 3.48. The second kappa shape index (κ2) is 5.56.